The molecule has 1 aliphatic heterocycles. The molecule has 0 radical (unpaired) electrons. The number of ether oxygens (including phenoxy) is 2. The summed E-state index contributed by atoms with van der Waals surface area (Å²) >= 11 is 0. The van der Waals surface area contributed by atoms with E-state index in [0.717, 1.165) is 12.8 Å². The standard InChI is InChI=1S/C12H23NO4/c1-3-10(4-2)13(5-6-14)12(15)11-9-16-7-8-17-11/h10-11,14H,3-9H2,1-2H3. The Kier molecular flexibility index (Phi) is 6.47. The summed E-state index contributed by atoms with van der Waals surface area (Å²) in [5.74, 6) is -0.0625. The largest absolute Gasteiger partial charge is 0.395 e. The molecule has 0 spiro atoms. The molecular weight excluding hydrogens is 222 g/mol. The van der Waals surface area contributed by atoms with Crippen LogP contribution in [0.5, 0.6) is 0 Å². The SMILES string of the molecule is CCC(CC)N(CCO)C(=O)C1COCCO1. The van der Waals surface area contributed by atoms with Crippen molar-refractivity contribution in [3.05, 3.63) is 0 Å². The smallest absolute Gasteiger partial charge is 0.254 e. The van der Waals surface area contributed by atoms with Crippen molar-refractivity contribution in [2.75, 3.05) is 33.0 Å². The summed E-state index contributed by atoms with van der Waals surface area (Å²) in [5, 5.41) is 9.06. The van der Waals surface area contributed by atoms with Gasteiger partial charge in [0.1, 0.15) is 0 Å². The molecule has 1 heterocycles. The van der Waals surface area contributed by atoms with Crippen molar-refractivity contribution in [3.63, 3.8) is 0 Å². The molecule has 1 rings (SSSR count). The van der Waals surface area contributed by atoms with Crippen LogP contribution < -0.4 is 0 Å². The Morgan fingerprint density at radius 2 is 2.12 bits per heavy atom. The fourth-order valence-corrected chi connectivity index (χ4v) is 2.13. The first-order valence-electron chi connectivity index (χ1n) is 6.35. The molecule has 0 aromatic rings. The molecule has 1 N–H and O–H groups in total. The molecule has 100 valence electrons. The van der Waals surface area contributed by atoms with Crippen molar-refractivity contribution in [3.8, 4) is 0 Å². The number of carbonyl (C=O) groups is 1. The lowest BCUT2D eigenvalue weighted by molar-refractivity contribution is -0.160. The van der Waals surface area contributed by atoms with E-state index in [0.29, 0.717) is 26.4 Å². The monoisotopic (exact) mass is 245 g/mol. The van der Waals surface area contributed by atoms with Crippen LogP contribution in [0.3, 0.4) is 0 Å². The third kappa shape index (κ3) is 3.94. The first-order valence-corrected chi connectivity index (χ1v) is 6.35. The van der Waals surface area contributed by atoms with Crippen LogP contribution in [0.25, 0.3) is 0 Å². The second-order valence-electron chi connectivity index (χ2n) is 4.16. The fourth-order valence-electron chi connectivity index (χ4n) is 2.13. The zero-order valence-corrected chi connectivity index (χ0v) is 10.7. The Hall–Kier alpha value is -0.650. The average molecular weight is 245 g/mol. The van der Waals surface area contributed by atoms with Crippen molar-refractivity contribution in [2.45, 2.75) is 38.8 Å². The van der Waals surface area contributed by atoms with Crippen LogP contribution in [0.4, 0.5) is 0 Å². The number of carbonyl (C=O) groups excluding carboxylic acids is 1. The van der Waals surface area contributed by atoms with Crippen molar-refractivity contribution in [1.82, 2.24) is 4.90 Å². The zero-order chi connectivity index (χ0) is 12.7. The van der Waals surface area contributed by atoms with Gasteiger partial charge in [-0.25, -0.2) is 0 Å². The summed E-state index contributed by atoms with van der Waals surface area (Å²) in [6, 6.07) is 0.167. The van der Waals surface area contributed by atoms with Crippen LogP contribution in [-0.2, 0) is 14.3 Å². The molecule has 0 bridgehead atoms. The lowest BCUT2D eigenvalue weighted by atomic mass is 10.1. The van der Waals surface area contributed by atoms with Gasteiger partial charge in [-0.15, -0.1) is 0 Å². The van der Waals surface area contributed by atoms with Gasteiger partial charge in [0.05, 0.1) is 26.4 Å². The van der Waals surface area contributed by atoms with Gasteiger partial charge < -0.3 is 19.5 Å². The van der Waals surface area contributed by atoms with E-state index in [1.807, 2.05) is 13.8 Å². The zero-order valence-electron chi connectivity index (χ0n) is 10.7. The van der Waals surface area contributed by atoms with Crippen LogP contribution in [0.1, 0.15) is 26.7 Å². The molecular formula is C12H23NO4. The minimum Gasteiger partial charge on any atom is -0.395 e. The third-order valence-electron chi connectivity index (χ3n) is 3.10. The van der Waals surface area contributed by atoms with Crippen LogP contribution >= 0.6 is 0 Å². The quantitative estimate of drug-likeness (QED) is 0.736. The Morgan fingerprint density at radius 1 is 1.41 bits per heavy atom. The molecule has 17 heavy (non-hydrogen) atoms. The molecule has 5 heteroatoms. The number of rotatable bonds is 6. The highest BCUT2D eigenvalue weighted by Gasteiger charge is 2.30. The molecule has 1 atom stereocenters. The predicted octanol–water partition coefficient (Wildman–Crippen LogP) is 0.411. The van der Waals surface area contributed by atoms with Crippen molar-refractivity contribution < 1.29 is 19.4 Å². The van der Waals surface area contributed by atoms with Gasteiger partial charge in [0.25, 0.3) is 5.91 Å². The summed E-state index contributed by atoms with van der Waals surface area (Å²) in [6.07, 6.45) is 1.27. The van der Waals surface area contributed by atoms with E-state index in [9.17, 15) is 4.79 Å². The Bertz CT molecular complexity index is 225. The Balaban J connectivity index is 2.63. The van der Waals surface area contributed by atoms with Crippen molar-refractivity contribution in [2.24, 2.45) is 0 Å². The van der Waals surface area contributed by atoms with Gasteiger partial charge in [-0.05, 0) is 12.8 Å². The van der Waals surface area contributed by atoms with Gasteiger partial charge in [-0.2, -0.15) is 0 Å². The number of nitrogens with zero attached hydrogens (tertiary/aromatic N) is 1. The summed E-state index contributed by atoms with van der Waals surface area (Å²) in [7, 11) is 0. The highest BCUT2D eigenvalue weighted by atomic mass is 16.6. The summed E-state index contributed by atoms with van der Waals surface area (Å²) in [6.45, 7) is 5.77. The number of hydrogen-bond acceptors (Lipinski definition) is 4. The minimum atomic E-state index is -0.504. The van der Waals surface area contributed by atoms with E-state index in [2.05, 4.69) is 0 Å². The van der Waals surface area contributed by atoms with Crippen molar-refractivity contribution in [1.29, 1.82) is 0 Å². The maximum absolute atomic E-state index is 12.3. The van der Waals surface area contributed by atoms with Gasteiger partial charge in [0, 0.05) is 12.6 Å². The number of amides is 1. The lowest BCUT2D eigenvalue weighted by Gasteiger charge is -2.34. The number of aliphatic hydroxyl groups is 1. The summed E-state index contributed by atoms with van der Waals surface area (Å²) in [5.41, 5.74) is 0. The first-order chi connectivity index (χ1) is 8.24. The normalized spacial score (nSPS) is 20.6. The number of aliphatic hydroxyl groups excluding tert-OH is 1. The highest BCUT2D eigenvalue weighted by molar-refractivity contribution is 5.81. The fraction of sp³-hybridized carbons (Fsp3) is 0.917. The highest BCUT2D eigenvalue weighted by Crippen LogP contribution is 2.13. The van der Waals surface area contributed by atoms with E-state index in [1.165, 1.54) is 0 Å². The van der Waals surface area contributed by atoms with E-state index in [1.54, 1.807) is 4.90 Å². The maximum Gasteiger partial charge on any atom is 0.254 e. The molecule has 1 unspecified atom stereocenters. The van der Waals surface area contributed by atoms with Crippen molar-refractivity contribution >= 4 is 5.91 Å². The molecule has 1 amide bonds. The molecule has 1 saturated heterocycles. The predicted molar refractivity (Wildman–Crippen MR) is 63.7 cm³/mol. The molecule has 5 nitrogen and oxygen atoms in total. The van der Waals surface area contributed by atoms with Crippen LogP contribution in [0.15, 0.2) is 0 Å². The van der Waals surface area contributed by atoms with Gasteiger partial charge in [-0.3, -0.25) is 4.79 Å². The van der Waals surface area contributed by atoms with E-state index in [4.69, 9.17) is 14.6 Å². The minimum absolute atomic E-state index is 0.0180. The molecule has 0 aromatic heterocycles. The molecule has 0 saturated carbocycles. The van der Waals surface area contributed by atoms with Gasteiger partial charge in [0.15, 0.2) is 6.10 Å². The molecule has 0 aromatic carbocycles. The van der Waals surface area contributed by atoms with Gasteiger partial charge >= 0.3 is 0 Å². The molecule has 1 fully saturated rings. The van der Waals surface area contributed by atoms with Crippen LogP contribution in [0, 0.1) is 0 Å². The van der Waals surface area contributed by atoms with E-state index >= 15 is 0 Å². The maximum atomic E-state index is 12.3. The lowest BCUT2D eigenvalue weighted by Crippen LogP contribution is -2.50. The average Bonchev–Trinajstić information content (AvgIpc) is 2.39. The van der Waals surface area contributed by atoms with E-state index < -0.39 is 6.10 Å². The second kappa shape index (κ2) is 7.63. The summed E-state index contributed by atoms with van der Waals surface area (Å²) in [4.78, 5) is 14.0. The topological polar surface area (TPSA) is 59.0 Å². The summed E-state index contributed by atoms with van der Waals surface area (Å²) < 4.78 is 10.7. The van der Waals surface area contributed by atoms with Crippen LogP contribution in [-0.4, -0.2) is 61.0 Å². The third-order valence-corrected chi connectivity index (χ3v) is 3.10. The van der Waals surface area contributed by atoms with Crippen LogP contribution in [0.2, 0.25) is 0 Å². The van der Waals surface area contributed by atoms with E-state index in [-0.39, 0.29) is 18.6 Å². The molecule has 0 aliphatic carbocycles. The molecule has 1 aliphatic rings. The number of hydrogen-bond donors (Lipinski definition) is 1. The second-order valence-corrected chi connectivity index (χ2v) is 4.16. The Morgan fingerprint density at radius 3 is 2.59 bits per heavy atom. The first kappa shape index (κ1) is 14.4. The van der Waals surface area contributed by atoms with Gasteiger partial charge in [-0.1, -0.05) is 13.8 Å². The Labute approximate surface area is 103 Å². The van der Waals surface area contributed by atoms with Gasteiger partial charge in [0.2, 0.25) is 0 Å².